The van der Waals surface area contributed by atoms with E-state index in [1.54, 1.807) is 51.4 Å². The van der Waals surface area contributed by atoms with Crippen molar-refractivity contribution in [2.45, 2.75) is 151 Å². The second-order valence-corrected chi connectivity index (χ2v) is 18.4. The van der Waals surface area contributed by atoms with Crippen LogP contribution in [0.5, 0.6) is 0 Å². The summed E-state index contributed by atoms with van der Waals surface area (Å²) in [6.07, 6.45) is 31.0. The molecule has 4 aliphatic carbocycles. The molecule has 0 saturated heterocycles. The zero-order chi connectivity index (χ0) is 20.9. The van der Waals surface area contributed by atoms with E-state index in [4.69, 9.17) is 0 Å². The Hall–Kier alpha value is 1.05. The van der Waals surface area contributed by atoms with Gasteiger partial charge in [0.1, 0.15) is 10.6 Å². The molecule has 4 aliphatic rings. The summed E-state index contributed by atoms with van der Waals surface area (Å²) in [6.45, 7) is 0. The smallest absolute Gasteiger partial charge is 0.358 e. The molecule has 1 aromatic rings. The van der Waals surface area contributed by atoms with Gasteiger partial charge in [-0.25, -0.2) is 0 Å². The molecule has 0 unspecified atom stereocenters. The Morgan fingerprint density at radius 3 is 0.912 bits per heavy atom. The van der Waals surface area contributed by atoms with E-state index in [1.807, 2.05) is 10.6 Å². The van der Waals surface area contributed by atoms with Crippen LogP contribution in [0.1, 0.15) is 128 Å². The molecular weight excluding hydrogens is 513 g/mol. The van der Waals surface area contributed by atoms with Gasteiger partial charge in [0, 0.05) is 26.6 Å². The van der Waals surface area contributed by atoms with Crippen LogP contribution < -0.4 is 10.6 Å². The fourth-order valence-electron chi connectivity index (χ4n) is 7.94. The molecule has 1 aromatic heterocycles. The van der Waals surface area contributed by atoms with Crippen molar-refractivity contribution in [2.75, 3.05) is 0 Å². The van der Waals surface area contributed by atoms with E-state index in [0.29, 0.717) is 0 Å². The summed E-state index contributed by atoms with van der Waals surface area (Å²) in [5.41, 5.74) is 4.43. The molecule has 0 amide bonds. The molecule has 0 aliphatic heterocycles. The SMILES string of the molecule is [CH3-].[CH3-].[Ni+2].c1scc([PH+](C2CCCCC2)C2CCCCC2)c1[PH+](C1CCCCC1)C1CCCCC1. The van der Waals surface area contributed by atoms with Crippen molar-refractivity contribution in [3.8, 4) is 0 Å². The second-order valence-electron chi connectivity index (χ2n) is 11.4. The number of hydrogen-bond donors (Lipinski definition) is 0. The normalized spacial score (nSPS) is 23.8. The standard InChI is InChI=1S/C28H46P2S.2CH3.Ni/c1-5-13-23(14-6-1)29(24-15-7-2-8-16-24)27-21-31-22-28(27)30(25-17-9-3-10-18-25)26-19-11-4-12-20-26;;;/h21-26H,1-20H2;2*1H3;/q;2*-1;+2/p+2. The van der Waals surface area contributed by atoms with Crippen molar-refractivity contribution in [3.63, 3.8) is 0 Å². The summed E-state index contributed by atoms with van der Waals surface area (Å²) in [7, 11) is -0.788. The van der Waals surface area contributed by atoms with Gasteiger partial charge in [0.15, 0.2) is 0 Å². The van der Waals surface area contributed by atoms with Crippen molar-refractivity contribution in [1.82, 2.24) is 0 Å². The van der Waals surface area contributed by atoms with Gasteiger partial charge in [-0.1, -0.05) is 25.7 Å². The Labute approximate surface area is 230 Å². The van der Waals surface area contributed by atoms with Gasteiger partial charge in [0.05, 0.1) is 22.6 Å². The van der Waals surface area contributed by atoms with Gasteiger partial charge in [-0.15, -0.1) is 11.3 Å². The third-order valence-electron chi connectivity index (χ3n) is 9.46. The van der Waals surface area contributed by atoms with E-state index < -0.39 is 15.8 Å². The zero-order valence-corrected chi connectivity index (χ0v) is 26.1. The molecule has 0 aromatic carbocycles. The van der Waals surface area contributed by atoms with Crippen LogP contribution >= 0.6 is 27.2 Å². The Kier molecular flexibility index (Phi) is 14.8. The van der Waals surface area contributed by atoms with E-state index in [-0.39, 0.29) is 31.3 Å². The molecule has 4 saturated carbocycles. The van der Waals surface area contributed by atoms with Gasteiger partial charge < -0.3 is 14.9 Å². The molecule has 198 valence electrons. The first-order valence-corrected chi connectivity index (χ1v) is 18.5. The number of thiophene rings is 1. The first-order valence-electron chi connectivity index (χ1n) is 14.2. The zero-order valence-electron chi connectivity index (χ0n) is 22.3. The van der Waals surface area contributed by atoms with Crippen LogP contribution in [-0.4, -0.2) is 22.6 Å². The Morgan fingerprint density at radius 2 is 0.676 bits per heavy atom. The van der Waals surface area contributed by atoms with Crippen LogP contribution in [0.25, 0.3) is 0 Å². The van der Waals surface area contributed by atoms with Gasteiger partial charge in [-0.2, -0.15) is 0 Å². The number of rotatable bonds is 6. The minimum absolute atomic E-state index is 0. The molecule has 4 fully saturated rings. The molecule has 34 heavy (non-hydrogen) atoms. The maximum atomic E-state index is 2.75. The maximum Gasteiger partial charge on any atom is 2.00 e. The predicted octanol–water partition coefficient (Wildman–Crippen LogP) is 9.66. The van der Waals surface area contributed by atoms with Crippen LogP contribution in [0.4, 0.5) is 0 Å². The number of hydrogen-bond acceptors (Lipinski definition) is 1. The minimum atomic E-state index is -0.394. The largest absolute Gasteiger partial charge is 2.00 e. The van der Waals surface area contributed by atoms with Gasteiger partial charge in [0.2, 0.25) is 0 Å². The van der Waals surface area contributed by atoms with Crippen LogP contribution in [0, 0.1) is 14.9 Å². The Morgan fingerprint density at radius 1 is 0.441 bits per heavy atom. The average molecular weight is 567 g/mol. The van der Waals surface area contributed by atoms with E-state index in [2.05, 4.69) is 22.1 Å². The molecule has 5 rings (SSSR count). The first-order chi connectivity index (χ1) is 15.4. The molecule has 0 bridgehead atoms. The van der Waals surface area contributed by atoms with Crippen molar-refractivity contribution in [2.24, 2.45) is 0 Å². The van der Waals surface area contributed by atoms with Crippen LogP contribution in [0.2, 0.25) is 0 Å². The molecule has 0 radical (unpaired) electrons. The topological polar surface area (TPSA) is 0 Å². The molecule has 0 spiro atoms. The molecule has 0 atom stereocenters. The summed E-state index contributed by atoms with van der Waals surface area (Å²) < 4.78 is 0. The third-order valence-corrected chi connectivity index (χ3v) is 18.8. The summed E-state index contributed by atoms with van der Waals surface area (Å²) in [5, 5.41) is 9.59. The van der Waals surface area contributed by atoms with E-state index >= 15 is 0 Å². The predicted molar refractivity (Wildman–Crippen MR) is 161 cm³/mol. The second kappa shape index (κ2) is 16.1. The Balaban J connectivity index is 0.00000136. The monoisotopic (exact) mass is 566 g/mol. The van der Waals surface area contributed by atoms with Crippen LogP contribution in [0.15, 0.2) is 10.8 Å². The van der Waals surface area contributed by atoms with Gasteiger partial charge in [-0.3, -0.25) is 0 Å². The van der Waals surface area contributed by atoms with Gasteiger partial charge >= 0.3 is 16.5 Å². The summed E-state index contributed by atoms with van der Waals surface area (Å²) in [5.74, 6) is 0. The average Bonchev–Trinajstić information content (AvgIpc) is 3.31. The fourth-order valence-corrected chi connectivity index (χ4v) is 19.1. The van der Waals surface area contributed by atoms with E-state index in [1.165, 1.54) is 77.0 Å². The first kappa shape index (κ1) is 31.3. The molecule has 0 nitrogen and oxygen atoms in total. The fraction of sp³-hybridized carbons (Fsp3) is 0.800. The minimum Gasteiger partial charge on any atom is -0.358 e. The van der Waals surface area contributed by atoms with Gasteiger partial charge in [-0.05, 0) is 103 Å². The summed E-state index contributed by atoms with van der Waals surface area (Å²) >= 11 is 2.13. The third kappa shape index (κ3) is 7.55. The van der Waals surface area contributed by atoms with Crippen LogP contribution in [-0.2, 0) is 16.5 Å². The van der Waals surface area contributed by atoms with Crippen molar-refractivity contribution >= 4 is 37.8 Å². The van der Waals surface area contributed by atoms with E-state index in [0.717, 1.165) is 22.6 Å². The summed E-state index contributed by atoms with van der Waals surface area (Å²) in [4.78, 5) is 0. The van der Waals surface area contributed by atoms with Gasteiger partial charge in [0.25, 0.3) is 0 Å². The van der Waals surface area contributed by atoms with Crippen LogP contribution in [0.3, 0.4) is 0 Å². The Bertz CT molecular complexity index is 562. The molecular formula is C30H54NiP2S+2. The molecule has 1 heterocycles. The molecule has 4 heteroatoms. The van der Waals surface area contributed by atoms with Crippen molar-refractivity contribution in [1.29, 1.82) is 0 Å². The van der Waals surface area contributed by atoms with Crippen molar-refractivity contribution < 1.29 is 16.5 Å². The summed E-state index contributed by atoms with van der Waals surface area (Å²) in [6, 6.07) is 0. The van der Waals surface area contributed by atoms with E-state index in [9.17, 15) is 0 Å². The maximum absolute atomic E-state index is 2.75. The van der Waals surface area contributed by atoms with Crippen molar-refractivity contribution in [3.05, 3.63) is 25.6 Å². The quantitative estimate of drug-likeness (QED) is 0.182. The molecule has 0 N–H and O–H groups in total.